The van der Waals surface area contributed by atoms with Gasteiger partial charge in [0.05, 0.1) is 0 Å². The summed E-state index contributed by atoms with van der Waals surface area (Å²) in [6, 6.07) is 7.59. The molecule has 0 atom stereocenters. The standard InChI is InChI=1S/C15H21N3O/c1-15(2,18(3)4)10-19-13-8-7-12(16)11-6-5-9-17-14(11)13/h5-9H,10,16H2,1-4H3. The molecule has 1 heterocycles. The maximum Gasteiger partial charge on any atom is 0.145 e. The Hall–Kier alpha value is -1.81. The van der Waals surface area contributed by atoms with Gasteiger partial charge in [-0.25, -0.2) is 0 Å². The summed E-state index contributed by atoms with van der Waals surface area (Å²) in [5.41, 5.74) is 7.45. The summed E-state index contributed by atoms with van der Waals surface area (Å²) in [4.78, 5) is 6.51. The lowest BCUT2D eigenvalue weighted by atomic mass is 10.1. The summed E-state index contributed by atoms with van der Waals surface area (Å²) in [5, 5.41) is 0.933. The molecule has 0 aliphatic carbocycles. The van der Waals surface area contributed by atoms with Crippen molar-refractivity contribution in [2.45, 2.75) is 19.4 Å². The normalized spacial score (nSPS) is 12.1. The first-order chi connectivity index (χ1) is 8.92. The Morgan fingerprint density at radius 3 is 2.68 bits per heavy atom. The summed E-state index contributed by atoms with van der Waals surface area (Å²) >= 11 is 0. The van der Waals surface area contributed by atoms with Crippen LogP contribution in [-0.2, 0) is 0 Å². The predicted molar refractivity (Wildman–Crippen MR) is 79.4 cm³/mol. The maximum absolute atomic E-state index is 5.95. The van der Waals surface area contributed by atoms with E-state index < -0.39 is 0 Å². The zero-order valence-electron chi connectivity index (χ0n) is 12.0. The van der Waals surface area contributed by atoms with E-state index in [4.69, 9.17) is 10.5 Å². The van der Waals surface area contributed by atoms with Crippen molar-refractivity contribution in [3.8, 4) is 5.75 Å². The largest absolute Gasteiger partial charge is 0.489 e. The van der Waals surface area contributed by atoms with Gasteiger partial charge in [0.25, 0.3) is 0 Å². The Labute approximate surface area is 114 Å². The second-order valence-electron chi connectivity index (χ2n) is 5.55. The third-order valence-corrected chi connectivity index (χ3v) is 3.56. The number of fused-ring (bicyclic) bond motifs is 1. The number of likely N-dealkylation sites (N-methyl/N-ethyl adjacent to an activating group) is 1. The van der Waals surface area contributed by atoms with E-state index in [0.29, 0.717) is 6.61 Å². The fraction of sp³-hybridized carbons (Fsp3) is 0.400. The Kier molecular flexibility index (Phi) is 3.62. The number of ether oxygens (including phenoxy) is 1. The summed E-state index contributed by atoms with van der Waals surface area (Å²) < 4.78 is 5.94. The van der Waals surface area contributed by atoms with Crippen molar-refractivity contribution in [1.29, 1.82) is 0 Å². The van der Waals surface area contributed by atoms with Crippen LogP contribution in [0.25, 0.3) is 10.9 Å². The minimum absolute atomic E-state index is 0.0392. The molecular formula is C15H21N3O. The zero-order valence-corrected chi connectivity index (χ0v) is 12.0. The van der Waals surface area contributed by atoms with Gasteiger partial charge >= 0.3 is 0 Å². The Morgan fingerprint density at radius 2 is 2.00 bits per heavy atom. The Bertz CT molecular complexity index is 579. The summed E-state index contributed by atoms with van der Waals surface area (Å²) in [6.45, 7) is 4.87. The van der Waals surface area contributed by atoms with Crippen LogP contribution in [0.5, 0.6) is 5.75 Å². The SMILES string of the molecule is CN(C)C(C)(C)COc1ccc(N)c2cccnc12. The van der Waals surface area contributed by atoms with Crippen molar-refractivity contribution in [2.24, 2.45) is 0 Å². The molecule has 0 bridgehead atoms. The molecule has 1 aromatic carbocycles. The fourth-order valence-electron chi connectivity index (χ4n) is 1.67. The van der Waals surface area contributed by atoms with Crippen LogP contribution in [0.1, 0.15) is 13.8 Å². The maximum atomic E-state index is 5.95. The first-order valence-corrected chi connectivity index (χ1v) is 6.35. The second kappa shape index (κ2) is 5.05. The van der Waals surface area contributed by atoms with E-state index in [1.54, 1.807) is 6.20 Å². The van der Waals surface area contributed by atoms with Gasteiger partial charge in [0.1, 0.15) is 17.9 Å². The highest BCUT2D eigenvalue weighted by Crippen LogP contribution is 2.28. The van der Waals surface area contributed by atoms with Crippen LogP contribution in [0.4, 0.5) is 5.69 Å². The van der Waals surface area contributed by atoms with Gasteiger partial charge < -0.3 is 15.4 Å². The summed E-state index contributed by atoms with van der Waals surface area (Å²) in [5.74, 6) is 0.778. The second-order valence-corrected chi connectivity index (χ2v) is 5.55. The number of hydrogen-bond donors (Lipinski definition) is 1. The summed E-state index contributed by atoms with van der Waals surface area (Å²) in [7, 11) is 4.09. The molecule has 0 unspecified atom stereocenters. The third kappa shape index (κ3) is 2.79. The van der Waals surface area contributed by atoms with E-state index in [9.17, 15) is 0 Å². The first-order valence-electron chi connectivity index (χ1n) is 6.35. The van der Waals surface area contributed by atoms with E-state index in [-0.39, 0.29) is 5.54 Å². The van der Waals surface area contributed by atoms with E-state index in [0.717, 1.165) is 22.3 Å². The van der Waals surface area contributed by atoms with Gasteiger partial charge in [-0.3, -0.25) is 4.98 Å². The first kappa shape index (κ1) is 13.6. The van der Waals surface area contributed by atoms with Crippen molar-refractivity contribution in [2.75, 3.05) is 26.4 Å². The number of rotatable bonds is 4. The number of aromatic nitrogens is 1. The molecule has 2 rings (SSSR count). The number of nitrogen functional groups attached to an aromatic ring is 1. The molecule has 0 saturated carbocycles. The molecule has 2 N–H and O–H groups in total. The monoisotopic (exact) mass is 259 g/mol. The number of benzene rings is 1. The lowest BCUT2D eigenvalue weighted by molar-refractivity contribution is 0.115. The van der Waals surface area contributed by atoms with Gasteiger partial charge in [0, 0.05) is 22.8 Å². The smallest absolute Gasteiger partial charge is 0.145 e. The number of pyridine rings is 1. The molecule has 2 aromatic rings. The average Bonchev–Trinajstić information content (AvgIpc) is 2.38. The van der Waals surface area contributed by atoms with E-state index >= 15 is 0 Å². The van der Waals surface area contributed by atoms with Crippen molar-refractivity contribution in [1.82, 2.24) is 9.88 Å². The van der Waals surface area contributed by atoms with E-state index in [2.05, 4.69) is 23.7 Å². The van der Waals surface area contributed by atoms with Crippen LogP contribution in [-0.4, -0.2) is 36.1 Å². The van der Waals surface area contributed by atoms with Crippen LogP contribution >= 0.6 is 0 Å². The van der Waals surface area contributed by atoms with Crippen molar-refractivity contribution in [3.63, 3.8) is 0 Å². The van der Waals surface area contributed by atoms with Gasteiger partial charge in [0.15, 0.2) is 0 Å². The highest BCUT2D eigenvalue weighted by Gasteiger charge is 2.21. The number of nitrogens with zero attached hydrogens (tertiary/aromatic N) is 2. The Balaban J connectivity index is 2.29. The molecule has 0 aliphatic heterocycles. The van der Waals surface area contributed by atoms with Crippen molar-refractivity contribution in [3.05, 3.63) is 30.5 Å². The van der Waals surface area contributed by atoms with Gasteiger partial charge in [0.2, 0.25) is 0 Å². The predicted octanol–water partition coefficient (Wildman–Crippen LogP) is 2.54. The molecule has 1 aromatic heterocycles. The van der Waals surface area contributed by atoms with E-state index in [1.165, 1.54) is 0 Å². The van der Waals surface area contributed by atoms with Crippen LogP contribution in [0.2, 0.25) is 0 Å². The molecule has 0 saturated heterocycles. The van der Waals surface area contributed by atoms with Crippen LogP contribution in [0, 0.1) is 0 Å². The van der Waals surface area contributed by atoms with Crippen LogP contribution in [0.15, 0.2) is 30.5 Å². The zero-order chi connectivity index (χ0) is 14.0. The van der Waals surface area contributed by atoms with Crippen molar-refractivity contribution >= 4 is 16.6 Å². The lowest BCUT2D eigenvalue weighted by Crippen LogP contribution is -2.43. The van der Waals surface area contributed by atoms with Crippen molar-refractivity contribution < 1.29 is 4.74 Å². The molecule has 102 valence electrons. The third-order valence-electron chi connectivity index (χ3n) is 3.56. The van der Waals surface area contributed by atoms with Gasteiger partial charge in [-0.2, -0.15) is 0 Å². The quantitative estimate of drug-likeness (QED) is 0.857. The van der Waals surface area contributed by atoms with E-state index in [1.807, 2.05) is 38.4 Å². The fourth-order valence-corrected chi connectivity index (χ4v) is 1.67. The minimum atomic E-state index is -0.0392. The molecule has 4 heteroatoms. The van der Waals surface area contributed by atoms with Gasteiger partial charge in [-0.1, -0.05) is 0 Å². The Morgan fingerprint density at radius 1 is 1.26 bits per heavy atom. The highest BCUT2D eigenvalue weighted by atomic mass is 16.5. The number of hydrogen-bond acceptors (Lipinski definition) is 4. The topological polar surface area (TPSA) is 51.4 Å². The minimum Gasteiger partial charge on any atom is -0.489 e. The van der Waals surface area contributed by atoms with Crippen LogP contribution in [0.3, 0.4) is 0 Å². The average molecular weight is 259 g/mol. The molecule has 0 amide bonds. The highest BCUT2D eigenvalue weighted by molar-refractivity contribution is 5.94. The number of anilines is 1. The van der Waals surface area contributed by atoms with Gasteiger partial charge in [-0.15, -0.1) is 0 Å². The molecule has 4 nitrogen and oxygen atoms in total. The molecule has 19 heavy (non-hydrogen) atoms. The molecule has 0 aliphatic rings. The number of nitrogens with two attached hydrogens (primary N) is 1. The molecular weight excluding hydrogens is 238 g/mol. The molecule has 0 radical (unpaired) electrons. The van der Waals surface area contributed by atoms with Crippen LogP contribution < -0.4 is 10.5 Å². The molecule has 0 spiro atoms. The molecule has 0 fully saturated rings. The van der Waals surface area contributed by atoms with Gasteiger partial charge in [-0.05, 0) is 52.2 Å². The summed E-state index contributed by atoms with van der Waals surface area (Å²) in [6.07, 6.45) is 1.76. The lowest BCUT2D eigenvalue weighted by Gasteiger charge is -2.32.